The van der Waals surface area contributed by atoms with Crippen LogP contribution in [0, 0.1) is 0 Å². The van der Waals surface area contributed by atoms with Gasteiger partial charge in [0, 0.05) is 49.7 Å². The molecule has 0 bridgehead atoms. The van der Waals surface area contributed by atoms with Crippen LogP contribution in [-0.2, 0) is 17.7 Å². The highest BCUT2D eigenvalue weighted by molar-refractivity contribution is 5.72. The van der Waals surface area contributed by atoms with Gasteiger partial charge in [0.2, 0.25) is 5.95 Å². The molecule has 1 saturated heterocycles. The highest BCUT2D eigenvalue weighted by atomic mass is 16.5. The summed E-state index contributed by atoms with van der Waals surface area (Å²) in [5, 5.41) is 0. The molecule has 5 rings (SSSR count). The number of morpholine rings is 1. The molecule has 7 heteroatoms. The van der Waals surface area contributed by atoms with E-state index in [0.717, 1.165) is 55.6 Å². The normalized spacial score (nSPS) is 16.3. The van der Waals surface area contributed by atoms with E-state index in [0.29, 0.717) is 13.2 Å². The minimum Gasteiger partial charge on any atom is -0.378 e. The van der Waals surface area contributed by atoms with Crippen molar-refractivity contribution in [2.45, 2.75) is 13.0 Å². The Morgan fingerprint density at radius 1 is 0.929 bits per heavy atom. The summed E-state index contributed by atoms with van der Waals surface area (Å²) in [4.78, 5) is 22.9. The van der Waals surface area contributed by atoms with E-state index in [1.807, 2.05) is 18.5 Å². The molecule has 0 amide bonds. The van der Waals surface area contributed by atoms with Crippen molar-refractivity contribution in [1.82, 2.24) is 19.9 Å². The van der Waals surface area contributed by atoms with Crippen LogP contribution in [-0.4, -0.2) is 52.8 Å². The van der Waals surface area contributed by atoms with Gasteiger partial charge < -0.3 is 14.5 Å². The molecule has 0 radical (unpaired) electrons. The van der Waals surface area contributed by atoms with Gasteiger partial charge in [-0.2, -0.15) is 4.98 Å². The maximum atomic E-state index is 5.50. The fraction of sp³-hybridized carbons (Fsp3) is 0.333. The standard InChI is InChI=1S/C21H22N6O/c1-2-4-16(5-3-1)14-27-7-6-18-19(17-12-22-15-23-13-17)24-21(25-20(18)27)26-8-10-28-11-9-26/h1-5,12-13,15H,6-11,14H2. The number of rotatable bonds is 4. The number of ether oxygens (including phenoxy) is 1. The van der Waals surface area contributed by atoms with Crippen molar-refractivity contribution in [2.24, 2.45) is 0 Å². The molecule has 0 atom stereocenters. The molecule has 2 aliphatic heterocycles. The SMILES string of the molecule is c1ccc(CN2CCc3c(-c4cncnc4)nc(N4CCOCC4)nc32)cc1. The lowest BCUT2D eigenvalue weighted by atomic mass is 10.1. The second-order valence-corrected chi connectivity index (χ2v) is 7.06. The Bertz CT molecular complexity index is 944. The number of aromatic nitrogens is 4. The van der Waals surface area contributed by atoms with Gasteiger partial charge in [0.05, 0.1) is 18.9 Å². The first-order valence-electron chi connectivity index (χ1n) is 9.66. The molecule has 0 spiro atoms. The first kappa shape index (κ1) is 17.1. The maximum Gasteiger partial charge on any atom is 0.228 e. The molecule has 3 aromatic rings. The Hall–Kier alpha value is -3.06. The molecule has 0 unspecified atom stereocenters. The predicted molar refractivity (Wildman–Crippen MR) is 107 cm³/mol. The van der Waals surface area contributed by atoms with E-state index in [1.165, 1.54) is 11.1 Å². The van der Waals surface area contributed by atoms with Crippen LogP contribution in [0.3, 0.4) is 0 Å². The van der Waals surface area contributed by atoms with Gasteiger partial charge >= 0.3 is 0 Å². The minimum atomic E-state index is 0.706. The van der Waals surface area contributed by atoms with Gasteiger partial charge in [-0.05, 0) is 12.0 Å². The van der Waals surface area contributed by atoms with Gasteiger partial charge in [-0.3, -0.25) is 0 Å². The molecular weight excluding hydrogens is 352 g/mol. The van der Waals surface area contributed by atoms with Crippen molar-refractivity contribution < 1.29 is 4.74 Å². The summed E-state index contributed by atoms with van der Waals surface area (Å²) in [5.74, 6) is 1.79. The summed E-state index contributed by atoms with van der Waals surface area (Å²) in [7, 11) is 0. The van der Waals surface area contributed by atoms with Gasteiger partial charge in [0.1, 0.15) is 12.1 Å². The van der Waals surface area contributed by atoms with E-state index in [-0.39, 0.29) is 0 Å². The highest BCUT2D eigenvalue weighted by Gasteiger charge is 2.28. The van der Waals surface area contributed by atoms with Crippen LogP contribution < -0.4 is 9.80 Å². The fourth-order valence-corrected chi connectivity index (χ4v) is 3.83. The third-order valence-corrected chi connectivity index (χ3v) is 5.25. The lowest BCUT2D eigenvalue weighted by Crippen LogP contribution is -2.37. The molecule has 2 aliphatic rings. The second kappa shape index (κ2) is 7.52. The number of hydrogen-bond acceptors (Lipinski definition) is 7. The van der Waals surface area contributed by atoms with Gasteiger partial charge in [0.25, 0.3) is 0 Å². The minimum absolute atomic E-state index is 0.706. The summed E-state index contributed by atoms with van der Waals surface area (Å²) >= 11 is 0. The summed E-state index contributed by atoms with van der Waals surface area (Å²) < 4.78 is 5.50. The third-order valence-electron chi connectivity index (χ3n) is 5.25. The summed E-state index contributed by atoms with van der Waals surface area (Å²) in [6, 6.07) is 10.5. The Balaban J connectivity index is 1.57. The topological polar surface area (TPSA) is 67.3 Å². The Labute approximate surface area is 164 Å². The second-order valence-electron chi connectivity index (χ2n) is 7.06. The van der Waals surface area contributed by atoms with Gasteiger partial charge in [0.15, 0.2) is 0 Å². The number of fused-ring (bicyclic) bond motifs is 1. The molecule has 1 fully saturated rings. The van der Waals surface area contributed by atoms with E-state index in [4.69, 9.17) is 14.7 Å². The van der Waals surface area contributed by atoms with E-state index >= 15 is 0 Å². The average Bonchev–Trinajstić information content (AvgIpc) is 3.18. The predicted octanol–water partition coefficient (Wildman–Crippen LogP) is 2.33. The third kappa shape index (κ3) is 3.29. The molecule has 4 heterocycles. The van der Waals surface area contributed by atoms with Crippen LogP contribution in [0.25, 0.3) is 11.3 Å². The fourth-order valence-electron chi connectivity index (χ4n) is 3.83. The van der Waals surface area contributed by atoms with Crippen molar-refractivity contribution in [3.8, 4) is 11.3 Å². The quantitative estimate of drug-likeness (QED) is 0.694. The van der Waals surface area contributed by atoms with Crippen LogP contribution in [0.2, 0.25) is 0 Å². The molecule has 7 nitrogen and oxygen atoms in total. The maximum absolute atomic E-state index is 5.50. The molecule has 0 saturated carbocycles. The van der Waals surface area contributed by atoms with Crippen molar-refractivity contribution in [3.05, 3.63) is 60.2 Å². The van der Waals surface area contributed by atoms with Gasteiger partial charge in [-0.1, -0.05) is 30.3 Å². The van der Waals surface area contributed by atoms with Gasteiger partial charge in [-0.15, -0.1) is 0 Å². The van der Waals surface area contributed by atoms with Crippen LogP contribution in [0.4, 0.5) is 11.8 Å². The molecule has 28 heavy (non-hydrogen) atoms. The van der Waals surface area contributed by atoms with E-state index < -0.39 is 0 Å². The Morgan fingerprint density at radius 3 is 2.50 bits per heavy atom. The lowest BCUT2D eigenvalue weighted by Gasteiger charge is -2.28. The smallest absolute Gasteiger partial charge is 0.228 e. The molecule has 0 aliphatic carbocycles. The zero-order chi connectivity index (χ0) is 18.8. The van der Waals surface area contributed by atoms with Gasteiger partial charge in [-0.25, -0.2) is 15.0 Å². The Kier molecular flexibility index (Phi) is 4.58. The zero-order valence-corrected chi connectivity index (χ0v) is 15.7. The Morgan fingerprint density at radius 2 is 1.71 bits per heavy atom. The highest BCUT2D eigenvalue weighted by Crippen LogP contribution is 2.35. The summed E-state index contributed by atoms with van der Waals surface area (Å²) in [6.07, 6.45) is 6.14. The number of anilines is 2. The molecule has 2 aromatic heterocycles. The first-order valence-corrected chi connectivity index (χ1v) is 9.66. The number of nitrogens with zero attached hydrogens (tertiary/aromatic N) is 6. The average molecular weight is 374 g/mol. The van der Waals surface area contributed by atoms with Crippen molar-refractivity contribution in [2.75, 3.05) is 42.6 Å². The molecular formula is C21H22N6O. The van der Waals surface area contributed by atoms with Crippen LogP contribution >= 0.6 is 0 Å². The number of benzene rings is 1. The largest absolute Gasteiger partial charge is 0.378 e. The van der Waals surface area contributed by atoms with Crippen LogP contribution in [0.1, 0.15) is 11.1 Å². The summed E-state index contributed by atoms with van der Waals surface area (Å²) in [6.45, 7) is 4.81. The van der Waals surface area contributed by atoms with Crippen molar-refractivity contribution >= 4 is 11.8 Å². The number of hydrogen-bond donors (Lipinski definition) is 0. The van der Waals surface area contributed by atoms with E-state index in [9.17, 15) is 0 Å². The summed E-state index contributed by atoms with van der Waals surface area (Å²) in [5.41, 5.74) is 4.36. The van der Waals surface area contributed by atoms with Crippen molar-refractivity contribution in [1.29, 1.82) is 0 Å². The first-order chi connectivity index (χ1) is 13.9. The van der Waals surface area contributed by atoms with Crippen LogP contribution in [0.15, 0.2) is 49.1 Å². The monoisotopic (exact) mass is 374 g/mol. The molecule has 0 N–H and O–H groups in total. The van der Waals surface area contributed by atoms with Crippen LogP contribution in [0.5, 0.6) is 0 Å². The molecule has 142 valence electrons. The van der Waals surface area contributed by atoms with Crippen molar-refractivity contribution in [3.63, 3.8) is 0 Å². The zero-order valence-electron chi connectivity index (χ0n) is 15.7. The lowest BCUT2D eigenvalue weighted by molar-refractivity contribution is 0.122. The molecule has 1 aromatic carbocycles. The van der Waals surface area contributed by atoms with E-state index in [2.05, 4.69) is 44.0 Å². The van der Waals surface area contributed by atoms with E-state index in [1.54, 1.807) is 6.33 Å².